The predicted molar refractivity (Wildman–Crippen MR) is 87.8 cm³/mol. The summed E-state index contributed by atoms with van der Waals surface area (Å²) in [6.07, 6.45) is 7.19. The van der Waals surface area contributed by atoms with Crippen LogP contribution in [-0.2, 0) is 0 Å². The molecule has 0 saturated heterocycles. The minimum absolute atomic E-state index is 0.00128. The Labute approximate surface area is 133 Å². The second-order valence-corrected chi connectivity index (χ2v) is 5.52. The SMILES string of the molecule is C#CCNC(=O)c1ccc(N[C@H](CCO)c2cccs2)nc1. The van der Waals surface area contributed by atoms with Gasteiger partial charge in [0.25, 0.3) is 5.91 Å². The third-order valence-corrected chi connectivity index (χ3v) is 3.99. The van der Waals surface area contributed by atoms with E-state index in [9.17, 15) is 9.90 Å². The van der Waals surface area contributed by atoms with Gasteiger partial charge in [0.2, 0.25) is 0 Å². The smallest absolute Gasteiger partial charge is 0.253 e. The van der Waals surface area contributed by atoms with Crippen molar-refractivity contribution in [3.05, 3.63) is 46.3 Å². The summed E-state index contributed by atoms with van der Waals surface area (Å²) < 4.78 is 0. The van der Waals surface area contributed by atoms with Crippen molar-refractivity contribution in [2.45, 2.75) is 12.5 Å². The topological polar surface area (TPSA) is 74.2 Å². The maximum Gasteiger partial charge on any atom is 0.253 e. The minimum atomic E-state index is -0.248. The minimum Gasteiger partial charge on any atom is -0.396 e. The van der Waals surface area contributed by atoms with Crippen LogP contribution >= 0.6 is 11.3 Å². The van der Waals surface area contributed by atoms with Gasteiger partial charge < -0.3 is 15.7 Å². The maximum absolute atomic E-state index is 11.7. The van der Waals surface area contributed by atoms with Gasteiger partial charge in [-0.15, -0.1) is 17.8 Å². The molecule has 0 unspecified atom stereocenters. The number of terminal acetylenes is 1. The molecule has 0 aliphatic heterocycles. The first-order valence-corrected chi connectivity index (χ1v) is 7.71. The highest BCUT2D eigenvalue weighted by Gasteiger charge is 2.13. The summed E-state index contributed by atoms with van der Waals surface area (Å²) in [7, 11) is 0. The van der Waals surface area contributed by atoms with Crippen LogP contribution in [0, 0.1) is 12.3 Å². The van der Waals surface area contributed by atoms with E-state index in [1.807, 2.05) is 17.5 Å². The highest BCUT2D eigenvalue weighted by atomic mass is 32.1. The van der Waals surface area contributed by atoms with E-state index in [4.69, 9.17) is 6.42 Å². The van der Waals surface area contributed by atoms with Crippen molar-refractivity contribution in [3.8, 4) is 12.3 Å². The van der Waals surface area contributed by atoms with Crippen molar-refractivity contribution in [2.24, 2.45) is 0 Å². The van der Waals surface area contributed by atoms with Crippen LogP contribution < -0.4 is 10.6 Å². The Hall–Kier alpha value is -2.36. The number of carbonyl (C=O) groups excluding carboxylic acids is 1. The molecule has 2 aromatic heterocycles. The average molecular weight is 315 g/mol. The van der Waals surface area contributed by atoms with E-state index >= 15 is 0 Å². The fraction of sp³-hybridized carbons (Fsp3) is 0.250. The quantitative estimate of drug-likeness (QED) is 0.684. The molecule has 114 valence electrons. The Morgan fingerprint density at radius 2 is 2.32 bits per heavy atom. The molecule has 2 heterocycles. The first-order chi connectivity index (χ1) is 10.7. The van der Waals surface area contributed by atoms with E-state index in [-0.39, 0.29) is 25.1 Å². The number of hydrogen-bond donors (Lipinski definition) is 3. The van der Waals surface area contributed by atoms with Gasteiger partial charge in [-0.25, -0.2) is 4.98 Å². The van der Waals surface area contributed by atoms with Crippen LogP contribution in [0.1, 0.15) is 27.7 Å². The molecule has 22 heavy (non-hydrogen) atoms. The standard InChI is InChI=1S/C16H17N3O2S/c1-2-8-17-16(21)12-5-6-15(18-11-12)19-13(7-9-20)14-4-3-10-22-14/h1,3-6,10-11,13,20H,7-9H2,(H,17,21)(H,18,19)/t13-/m1/s1. The molecule has 2 aromatic rings. The number of aliphatic hydroxyl groups excluding tert-OH is 1. The molecule has 0 aliphatic carbocycles. The monoisotopic (exact) mass is 315 g/mol. The fourth-order valence-corrected chi connectivity index (χ4v) is 2.74. The zero-order chi connectivity index (χ0) is 15.8. The molecule has 1 atom stereocenters. The zero-order valence-corrected chi connectivity index (χ0v) is 12.8. The summed E-state index contributed by atoms with van der Waals surface area (Å²) in [5.74, 6) is 2.75. The summed E-state index contributed by atoms with van der Waals surface area (Å²) in [6.45, 7) is 0.276. The van der Waals surface area contributed by atoms with Crippen molar-refractivity contribution in [1.29, 1.82) is 0 Å². The number of amides is 1. The van der Waals surface area contributed by atoms with Gasteiger partial charge in [0, 0.05) is 17.7 Å². The van der Waals surface area contributed by atoms with Gasteiger partial charge in [-0.2, -0.15) is 0 Å². The summed E-state index contributed by atoms with van der Waals surface area (Å²) in [5, 5.41) is 17.0. The van der Waals surface area contributed by atoms with Crippen molar-refractivity contribution in [2.75, 3.05) is 18.5 Å². The lowest BCUT2D eigenvalue weighted by Crippen LogP contribution is -2.23. The Morgan fingerprint density at radius 1 is 1.45 bits per heavy atom. The summed E-state index contributed by atoms with van der Waals surface area (Å²) in [5.41, 5.74) is 0.454. The summed E-state index contributed by atoms with van der Waals surface area (Å²) >= 11 is 1.62. The highest BCUT2D eigenvalue weighted by Crippen LogP contribution is 2.25. The molecule has 0 radical (unpaired) electrons. The molecular formula is C16H17N3O2S. The number of aromatic nitrogens is 1. The van der Waals surface area contributed by atoms with Crippen LogP contribution in [0.2, 0.25) is 0 Å². The maximum atomic E-state index is 11.7. The number of anilines is 1. The molecule has 0 aromatic carbocycles. The number of thiophene rings is 1. The third kappa shape index (κ3) is 4.32. The summed E-state index contributed by atoms with van der Waals surface area (Å²) in [4.78, 5) is 17.1. The number of nitrogens with zero attached hydrogens (tertiary/aromatic N) is 1. The van der Waals surface area contributed by atoms with Crippen LogP contribution in [0.25, 0.3) is 0 Å². The van der Waals surface area contributed by atoms with Crippen molar-refractivity contribution in [1.82, 2.24) is 10.3 Å². The van der Waals surface area contributed by atoms with E-state index in [0.717, 1.165) is 4.88 Å². The highest BCUT2D eigenvalue weighted by molar-refractivity contribution is 7.10. The van der Waals surface area contributed by atoms with Crippen LogP contribution in [0.15, 0.2) is 35.8 Å². The van der Waals surface area contributed by atoms with Crippen LogP contribution in [-0.4, -0.2) is 29.1 Å². The molecule has 3 N–H and O–H groups in total. The Kier molecular flexibility index (Phi) is 5.95. The largest absolute Gasteiger partial charge is 0.396 e. The average Bonchev–Trinajstić information content (AvgIpc) is 3.07. The first-order valence-electron chi connectivity index (χ1n) is 6.83. The zero-order valence-electron chi connectivity index (χ0n) is 12.0. The lowest BCUT2D eigenvalue weighted by Gasteiger charge is -2.17. The lowest BCUT2D eigenvalue weighted by atomic mass is 10.1. The van der Waals surface area contributed by atoms with Crippen molar-refractivity contribution < 1.29 is 9.90 Å². The normalized spacial score (nSPS) is 11.5. The molecule has 0 aliphatic rings. The second kappa shape index (κ2) is 8.17. The van der Waals surface area contributed by atoms with Crippen molar-refractivity contribution in [3.63, 3.8) is 0 Å². The molecule has 5 nitrogen and oxygen atoms in total. The van der Waals surface area contributed by atoms with Crippen LogP contribution in [0.3, 0.4) is 0 Å². The Balaban J connectivity index is 2.03. The van der Waals surface area contributed by atoms with E-state index in [1.54, 1.807) is 23.5 Å². The van der Waals surface area contributed by atoms with Gasteiger partial charge in [-0.3, -0.25) is 4.79 Å². The van der Waals surface area contributed by atoms with E-state index in [1.165, 1.54) is 6.20 Å². The molecule has 0 bridgehead atoms. The molecule has 0 saturated carbocycles. The number of aliphatic hydroxyl groups is 1. The van der Waals surface area contributed by atoms with Gasteiger partial charge in [0.1, 0.15) is 5.82 Å². The van der Waals surface area contributed by atoms with E-state index in [2.05, 4.69) is 21.5 Å². The summed E-state index contributed by atoms with van der Waals surface area (Å²) in [6, 6.07) is 7.41. The molecule has 0 fully saturated rings. The number of carbonyl (C=O) groups is 1. The van der Waals surface area contributed by atoms with Gasteiger partial charge >= 0.3 is 0 Å². The molecular weight excluding hydrogens is 298 g/mol. The second-order valence-electron chi connectivity index (χ2n) is 4.54. The fourth-order valence-electron chi connectivity index (χ4n) is 1.93. The van der Waals surface area contributed by atoms with Crippen LogP contribution in [0.4, 0.5) is 5.82 Å². The number of pyridine rings is 1. The van der Waals surface area contributed by atoms with Crippen molar-refractivity contribution >= 4 is 23.1 Å². The van der Waals surface area contributed by atoms with Gasteiger partial charge in [0.15, 0.2) is 0 Å². The molecule has 1 amide bonds. The number of rotatable bonds is 7. The third-order valence-electron chi connectivity index (χ3n) is 3.00. The van der Waals surface area contributed by atoms with E-state index < -0.39 is 0 Å². The first kappa shape index (κ1) is 16.0. The van der Waals surface area contributed by atoms with Gasteiger partial charge in [0.05, 0.1) is 18.2 Å². The number of hydrogen-bond acceptors (Lipinski definition) is 5. The van der Waals surface area contributed by atoms with Gasteiger partial charge in [-0.1, -0.05) is 12.0 Å². The molecule has 2 rings (SSSR count). The lowest BCUT2D eigenvalue weighted by molar-refractivity contribution is 0.0958. The van der Waals surface area contributed by atoms with E-state index in [0.29, 0.717) is 17.8 Å². The molecule has 0 spiro atoms. The number of nitrogens with one attached hydrogen (secondary N) is 2. The predicted octanol–water partition coefficient (Wildman–Crippen LogP) is 2.04. The Morgan fingerprint density at radius 3 is 2.91 bits per heavy atom. The Bertz CT molecular complexity index is 632. The van der Waals surface area contributed by atoms with Gasteiger partial charge in [-0.05, 0) is 30.0 Å². The molecule has 6 heteroatoms. The van der Waals surface area contributed by atoms with Crippen LogP contribution in [0.5, 0.6) is 0 Å².